The summed E-state index contributed by atoms with van der Waals surface area (Å²) < 4.78 is 1.57. The Labute approximate surface area is 144 Å². The van der Waals surface area contributed by atoms with Crippen molar-refractivity contribution >= 4 is 41.5 Å². The lowest BCUT2D eigenvalue weighted by Crippen LogP contribution is -2.48. The van der Waals surface area contributed by atoms with E-state index < -0.39 is 0 Å². The normalized spacial score (nSPS) is 14.1. The first-order valence-corrected chi connectivity index (χ1v) is 7.38. The number of nitrogens with one attached hydrogen (secondary N) is 2. The predicted octanol–water partition coefficient (Wildman–Crippen LogP) is 2.55. The highest BCUT2D eigenvalue weighted by atomic mass is 35.5. The molecule has 2 aromatic rings. The molecule has 0 unspecified atom stereocenters. The molecule has 3 rings (SSSR count). The van der Waals surface area contributed by atoms with Crippen molar-refractivity contribution < 1.29 is 4.79 Å². The van der Waals surface area contributed by atoms with Crippen molar-refractivity contribution in [2.75, 3.05) is 19.6 Å². The van der Waals surface area contributed by atoms with E-state index in [9.17, 15) is 4.79 Å². The van der Waals surface area contributed by atoms with Crippen molar-refractivity contribution in [3.05, 3.63) is 46.2 Å². The molecular weight excluding hydrogens is 347 g/mol. The summed E-state index contributed by atoms with van der Waals surface area (Å²) in [4.78, 5) is 12.0. The summed E-state index contributed by atoms with van der Waals surface area (Å²) in [5.41, 5.74) is 1.19. The van der Waals surface area contributed by atoms with Crippen LogP contribution in [-0.2, 0) is 0 Å². The average molecular weight is 362 g/mol. The highest BCUT2D eigenvalue weighted by Crippen LogP contribution is 2.24. The maximum absolute atomic E-state index is 12.0. The number of rotatable bonds is 4. The van der Waals surface area contributed by atoms with E-state index in [1.54, 1.807) is 29.1 Å². The monoisotopic (exact) mass is 360 g/mol. The molecule has 1 fully saturated rings. The van der Waals surface area contributed by atoms with E-state index in [-0.39, 0.29) is 18.3 Å². The third-order valence-electron chi connectivity index (χ3n) is 3.42. The van der Waals surface area contributed by atoms with Gasteiger partial charge >= 0.3 is 0 Å². The summed E-state index contributed by atoms with van der Waals surface area (Å²) in [5, 5.41) is 11.3. The maximum atomic E-state index is 12.0. The molecule has 0 spiro atoms. The van der Waals surface area contributed by atoms with Gasteiger partial charge in [0.15, 0.2) is 0 Å². The van der Waals surface area contributed by atoms with E-state index in [1.807, 2.05) is 0 Å². The second-order valence-electron chi connectivity index (χ2n) is 5.00. The SMILES string of the molecule is Cl.O=C(NCC1CNC1)c1cnn(-c2ccc(Cl)cc2Cl)c1. The number of hydrogen-bond donors (Lipinski definition) is 2. The van der Waals surface area contributed by atoms with Crippen LogP contribution in [0.2, 0.25) is 10.0 Å². The zero-order valence-corrected chi connectivity index (χ0v) is 13.9. The predicted molar refractivity (Wildman–Crippen MR) is 89.5 cm³/mol. The fourth-order valence-electron chi connectivity index (χ4n) is 2.07. The first kappa shape index (κ1) is 17.1. The van der Waals surface area contributed by atoms with Crippen LogP contribution in [0.15, 0.2) is 30.6 Å². The van der Waals surface area contributed by atoms with Crippen LogP contribution >= 0.6 is 35.6 Å². The lowest BCUT2D eigenvalue weighted by atomic mass is 10.0. The first-order valence-electron chi connectivity index (χ1n) is 6.62. The van der Waals surface area contributed by atoms with Gasteiger partial charge in [-0.25, -0.2) is 4.68 Å². The molecule has 1 aromatic heterocycles. The third kappa shape index (κ3) is 3.73. The van der Waals surface area contributed by atoms with E-state index in [0.717, 1.165) is 13.1 Å². The summed E-state index contributed by atoms with van der Waals surface area (Å²) in [6.07, 6.45) is 3.18. The van der Waals surface area contributed by atoms with Gasteiger partial charge in [-0.1, -0.05) is 23.2 Å². The van der Waals surface area contributed by atoms with Crippen LogP contribution in [0.25, 0.3) is 5.69 Å². The van der Waals surface area contributed by atoms with Crippen LogP contribution in [-0.4, -0.2) is 35.3 Å². The van der Waals surface area contributed by atoms with Crippen LogP contribution in [0.5, 0.6) is 0 Å². The van der Waals surface area contributed by atoms with Crippen LogP contribution < -0.4 is 10.6 Å². The quantitative estimate of drug-likeness (QED) is 0.880. The highest BCUT2D eigenvalue weighted by molar-refractivity contribution is 6.35. The Morgan fingerprint density at radius 1 is 1.41 bits per heavy atom. The number of carbonyl (C=O) groups excluding carboxylic acids is 1. The minimum Gasteiger partial charge on any atom is -0.352 e. The average Bonchev–Trinajstić information content (AvgIpc) is 2.86. The summed E-state index contributed by atoms with van der Waals surface area (Å²) >= 11 is 12.0. The standard InChI is InChI=1S/C14H14Cl2N4O.ClH/c15-11-1-2-13(12(16)3-11)20-8-10(7-19-20)14(21)18-6-9-4-17-5-9;/h1-3,7-9,17H,4-6H2,(H,18,21);1H. The van der Waals surface area contributed by atoms with Crippen LogP contribution in [0.3, 0.4) is 0 Å². The van der Waals surface area contributed by atoms with Crippen molar-refractivity contribution in [3.63, 3.8) is 0 Å². The van der Waals surface area contributed by atoms with Crippen molar-refractivity contribution in [3.8, 4) is 5.69 Å². The number of hydrogen-bond acceptors (Lipinski definition) is 3. The molecule has 0 atom stereocenters. The molecule has 0 radical (unpaired) electrons. The van der Waals surface area contributed by atoms with Crippen LogP contribution in [0, 0.1) is 5.92 Å². The van der Waals surface area contributed by atoms with Crippen LogP contribution in [0.4, 0.5) is 0 Å². The molecule has 1 aliphatic heterocycles. The molecule has 1 aromatic carbocycles. The molecule has 0 bridgehead atoms. The van der Waals surface area contributed by atoms with Crippen molar-refractivity contribution in [2.24, 2.45) is 5.92 Å². The summed E-state index contributed by atoms with van der Waals surface area (Å²) in [5.74, 6) is 0.396. The van der Waals surface area contributed by atoms with E-state index in [2.05, 4.69) is 15.7 Å². The number of nitrogens with zero attached hydrogens (tertiary/aromatic N) is 2. The zero-order chi connectivity index (χ0) is 14.8. The fourth-order valence-corrected chi connectivity index (χ4v) is 2.57. The molecule has 0 saturated carbocycles. The lowest BCUT2D eigenvalue weighted by molar-refractivity contribution is 0.0942. The highest BCUT2D eigenvalue weighted by Gasteiger charge is 2.18. The molecule has 8 heteroatoms. The largest absolute Gasteiger partial charge is 0.352 e. The summed E-state index contributed by atoms with van der Waals surface area (Å²) in [6.45, 7) is 2.60. The second kappa shape index (κ2) is 7.33. The Morgan fingerprint density at radius 3 is 2.82 bits per heavy atom. The molecular formula is C14H15Cl3N4O. The van der Waals surface area contributed by atoms with Crippen molar-refractivity contribution in [1.82, 2.24) is 20.4 Å². The summed E-state index contributed by atoms with van der Waals surface area (Å²) in [7, 11) is 0. The summed E-state index contributed by atoms with van der Waals surface area (Å²) in [6, 6.07) is 5.14. The number of halogens is 3. The van der Waals surface area contributed by atoms with Crippen molar-refractivity contribution in [1.29, 1.82) is 0 Å². The smallest absolute Gasteiger partial charge is 0.254 e. The van der Waals surface area contributed by atoms with E-state index >= 15 is 0 Å². The maximum Gasteiger partial charge on any atom is 0.254 e. The molecule has 22 heavy (non-hydrogen) atoms. The minimum absolute atomic E-state index is 0. The molecule has 0 aliphatic carbocycles. The van der Waals surface area contributed by atoms with Crippen molar-refractivity contribution in [2.45, 2.75) is 0 Å². The molecule has 1 aliphatic rings. The second-order valence-corrected chi connectivity index (χ2v) is 5.85. The Hall–Kier alpha value is -1.27. The van der Waals surface area contributed by atoms with Gasteiger partial charge in [0.1, 0.15) is 0 Å². The minimum atomic E-state index is -0.127. The molecule has 2 N–H and O–H groups in total. The number of aromatic nitrogens is 2. The van der Waals surface area contributed by atoms with Gasteiger partial charge in [-0.05, 0) is 18.2 Å². The Morgan fingerprint density at radius 2 is 2.18 bits per heavy atom. The molecule has 5 nitrogen and oxygen atoms in total. The fraction of sp³-hybridized carbons (Fsp3) is 0.286. The topological polar surface area (TPSA) is 59.0 Å². The van der Waals surface area contributed by atoms with Gasteiger partial charge in [-0.15, -0.1) is 12.4 Å². The third-order valence-corrected chi connectivity index (χ3v) is 3.96. The van der Waals surface area contributed by atoms with Gasteiger partial charge in [0, 0.05) is 36.8 Å². The Kier molecular flexibility index (Phi) is 5.69. The van der Waals surface area contributed by atoms with Gasteiger partial charge < -0.3 is 10.6 Å². The zero-order valence-electron chi connectivity index (χ0n) is 11.6. The molecule has 1 amide bonds. The number of carbonyl (C=O) groups is 1. The molecule has 1 saturated heterocycles. The van der Waals surface area contributed by atoms with Gasteiger partial charge in [0.2, 0.25) is 0 Å². The number of amides is 1. The van der Waals surface area contributed by atoms with Crippen LogP contribution in [0.1, 0.15) is 10.4 Å². The van der Waals surface area contributed by atoms with E-state index in [4.69, 9.17) is 23.2 Å². The Balaban J connectivity index is 0.00000176. The van der Waals surface area contributed by atoms with Gasteiger partial charge in [-0.2, -0.15) is 5.10 Å². The van der Waals surface area contributed by atoms with E-state index in [1.165, 1.54) is 6.20 Å². The van der Waals surface area contributed by atoms with Gasteiger partial charge in [0.05, 0.1) is 22.5 Å². The van der Waals surface area contributed by atoms with Gasteiger partial charge in [0.25, 0.3) is 5.91 Å². The first-order chi connectivity index (χ1) is 10.1. The molecule has 2 heterocycles. The lowest BCUT2D eigenvalue weighted by Gasteiger charge is -2.26. The van der Waals surface area contributed by atoms with E-state index in [0.29, 0.717) is 33.8 Å². The number of benzene rings is 1. The molecule has 118 valence electrons. The van der Waals surface area contributed by atoms with Gasteiger partial charge in [-0.3, -0.25) is 4.79 Å². The Bertz CT molecular complexity index is 670.